The molecule has 2 nitrogen and oxygen atoms in total. The number of unbranched alkanes of at least 4 members (excludes halogenated alkanes) is 1. The molecule has 0 saturated carbocycles. The molecule has 0 aliphatic carbocycles. The monoisotopic (exact) mass is 247 g/mol. The highest BCUT2D eigenvalue weighted by Crippen LogP contribution is 2.17. The largest absolute Gasteiger partial charge is 0.449 e. The molecule has 1 N–H and O–H groups in total. The van der Waals surface area contributed by atoms with Crippen LogP contribution >= 0.6 is 23.4 Å². The molecule has 1 heterocycles. The summed E-state index contributed by atoms with van der Waals surface area (Å²) < 4.78 is 5.25. The van der Waals surface area contributed by atoms with Crippen LogP contribution in [0.1, 0.15) is 25.5 Å². The fraction of sp³-hybridized carbons (Fsp3) is 0.636. The summed E-state index contributed by atoms with van der Waals surface area (Å²) in [5, 5.41) is 3.88. The summed E-state index contributed by atoms with van der Waals surface area (Å²) >= 11 is 7.53. The van der Waals surface area contributed by atoms with Gasteiger partial charge in [-0.05, 0) is 36.7 Å². The SMILES string of the molecule is CCCCNCCSCc1ccc(Cl)o1. The van der Waals surface area contributed by atoms with E-state index in [2.05, 4.69) is 12.2 Å². The molecule has 0 unspecified atom stereocenters. The lowest BCUT2D eigenvalue weighted by Gasteiger charge is -2.02. The summed E-state index contributed by atoms with van der Waals surface area (Å²) in [6.45, 7) is 4.40. The van der Waals surface area contributed by atoms with Gasteiger partial charge in [-0.15, -0.1) is 0 Å². The number of hydrogen-bond acceptors (Lipinski definition) is 3. The zero-order chi connectivity index (χ0) is 10.9. The van der Waals surface area contributed by atoms with Crippen molar-refractivity contribution in [2.24, 2.45) is 0 Å². The smallest absolute Gasteiger partial charge is 0.193 e. The Balaban J connectivity index is 1.93. The number of rotatable bonds is 8. The minimum absolute atomic E-state index is 0.478. The standard InChI is InChI=1S/C11H18ClNOS/c1-2-3-6-13-7-8-15-9-10-4-5-11(12)14-10/h4-5,13H,2-3,6-9H2,1H3. The van der Waals surface area contributed by atoms with E-state index >= 15 is 0 Å². The van der Waals surface area contributed by atoms with E-state index in [0.717, 1.165) is 30.4 Å². The van der Waals surface area contributed by atoms with Crippen LogP contribution in [0.2, 0.25) is 5.22 Å². The van der Waals surface area contributed by atoms with Crippen LogP contribution < -0.4 is 5.32 Å². The van der Waals surface area contributed by atoms with Gasteiger partial charge in [0.25, 0.3) is 0 Å². The zero-order valence-corrected chi connectivity index (χ0v) is 10.7. The average Bonchev–Trinajstić information content (AvgIpc) is 2.63. The van der Waals surface area contributed by atoms with Crippen molar-refractivity contribution in [3.8, 4) is 0 Å². The van der Waals surface area contributed by atoms with Crippen LogP contribution in [0.15, 0.2) is 16.5 Å². The van der Waals surface area contributed by atoms with Gasteiger partial charge in [-0.25, -0.2) is 0 Å². The maximum absolute atomic E-state index is 5.67. The second-order valence-corrected chi connectivity index (χ2v) is 4.84. The first kappa shape index (κ1) is 12.9. The molecule has 0 fully saturated rings. The van der Waals surface area contributed by atoms with Crippen LogP contribution in [0.4, 0.5) is 0 Å². The van der Waals surface area contributed by atoms with Gasteiger partial charge in [0.1, 0.15) is 5.76 Å². The van der Waals surface area contributed by atoms with Crippen molar-refractivity contribution >= 4 is 23.4 Å². The van der Waals surface area contributed by atoms with Gasteiger partial charge in [0.15, 0.2) is 5.22 Å². The van der Waals surface area contributed by atoms with Gasteiger partial charge >= 0.3 is 0 Å². The van der Waals surface area contributed by atoms with E-state index in [1.54, 1.807) is 6.07 Å². The van der Waals surface area contributed by atoms with Crippen molar-refractivity contribution < 1.29 is 4.42 Å². The van der Waals surface area contributed by atoms with Gasteiger partial charge in [-0.2, -0.15) is 11.8 Å². The summed E-state index contributed by atoms with van der Waals surface area (Å²) in [7, 11) is 0. The first-order valence-electron chi connectivity index (χ1n) is 5.35. The number of furan rings is 1. The normalized spacial score (nSPS) is 10.8. The van der Waals surface area contributed by atoms with Gasteiger partial charge in [0.05, 0.1) is 5.75 Å². The molecule has 15 heavy (non-hydrogen) atoms. The number of thioether (sulfide) groups is 1. The Labute approximate surface area is 101 Å². The third kappa shape index (κ3) is 6.13. The second kappa shape index (κ2) is 8.08. The zero-order valence-electron chi connectivity index (χ0n) is 9.09. The average molecular weight is 248 g/mol. The van der Waals surface area contributed by atoms with Crippen molar-refractivity contribution in [1.29, 1.82) is 0 Å². The number of hydrogen-bond donors (Lipinski definition) is 1. The van der Waals surface area contributed by atoms with Gasteiger partial charge in [0.2, 0.25) is 0 Å². The molecule has 0 saturated heterocycles. The summed E-state index contributed by atoms with van der Waals surface area (Å²) in [6.07, 6.45) is 2.52. The molecule has 0 atom stereocenters. The molecule has 1 aromatic heterocycles. The van der Waals surface area contributed by atoms with Gasteiger partial charge in [-0.3, -0.25) is 0 Å². The summed E-state index contributed by atoms with van der Waals surface area (Å²) in [5.41, 5.74) is 0. The van der Waals surface area contributed by atoms with Crippen LogP contribution in [0, 0.1) is 0 Å². The third-order valence-electron chi connectivity index (χ3n) is 2.00. The van der Waals surface area contributed by atoms with Crippen LogP contribution in [0.25, 0.3) is 0 Å². The van der Waals surface area contributed by atoms with Crippen molar-refractivity contribution in [3.63, 3.8) is 0 Å². The van der Waals surface area contributed by atoms with Crippen LogP contribution in [-0.2, 0) is 5.75 Å². The lowest BCUT2D eigenvalue weighted by atomic mass is 10.3. The fourth-order valence-corrected chi connectivity index (χ4v) is 2.12. The Bertz CT molecular complexity index is 265. The molecule has 0 radical (unpaired) electrons. The fourth-order valence-electron chi connectivity index (χ4n) is 1.17. The minimum atomic E-state index is 0.478. The van der Waals surface area contributed by atoms with E-state index in [0.29, 0.717) is 5.22 Å². The van der Waals surface area contributed by atoms with E-state index in [-0.39, 0.29) is 0 Å². The molecular weight excluding hydrogens is 230 g/mol. The minimum Gasteiger partial charge on any atom is -0.449 e. The molecule has 0 aliphatic heterocycles. The van der Waals surface area contributed by atoms with E-state index in [4.69, 9.17) is 16.0 Å². The topological polar surface area (TPSA) is 25.2 Å². The molecular formula is C11H18ClNOS. The summed E-state index contributed by atoms with van der Waals surface area (Å²) in [6, 6.07) is 3.72. The Kier molecular flexibility index (Phi) is 6.98. The Morgan fingerprint density at radius 3 is 2.93 bits per heavy atom. The van der Waals surface area contributed by atoms with Crippen molar-refractivity contribution in [2.75, 3.05) is 18.8 Å². The van der Waals surface area contributed by atoms with E-state index in [1.165, 1.54) is 12.8 Å². The van der Waals surface area contributed by atoms with E-state index in [9.17, 15) is 0 Å². The first-order chi connectivity index (χ1) is 7.33. The molecule has 1 aromatic rings. The third-order valence-corrected chi connectivity index (χ3v) is 3.19. The Morgan fingerprint density at radius 1 is 1.40 bits per heavy atom. The van der Waals surface area contributed by atoms with Crippen molar-refractivity contribution in [3.05, 3.63) is 23.1 Å². The lowest BCUT2D eigenvalue weighted by molar-refractivity contribution is 0.532. The second-order valence-electron chi connectivity index (χ2n) is 3.36. The number of nitrogens with one attached hydrogen (secondary N) is 1. The van der Waals surface area contributed by atoms with Gasteiger partial charge < -0.3 is 9.73 Å². The van der Waals surface area contributed by atoms with Gasteiger partial charge in [0, 0.05) is 12.3 Å². The lowest BCUT2D eigenvalue weighted by Crippen LogP contribution is -2.18. The molecule has 4 heteroatoms. The quantitative estimate of drug-likeness (QED) is 0.712. The molecule has 0 bridgehead atoms. The highest BCUT2D eigenvalue weighted by atomic mass is 35.5. The molecule has 86 valence electrons. The first-order valence-corrected chi connectivity index (χ1v) is 6.89. The van der Waals surface area contributed by atoms with Crippen LogP contribution in [-0.4, -0.2) is 18.8 Å². The highest BCUT2D eigenvalue weighted by molar-refractivity contribution is 7.98. The Hall–Kier alpha value is -0.120. The van der Waals surface area contributed by atoms with Gasteiger partial charge in [-0.1, -0.05) is 13.3 Å². The molecule has 0 aromatic carbocycles. The molecule has 0 amide bonds. The molecule has 0 aliphatic rings. The number of halogens is 1. The molecule has 0 spiro atoms. The highest BCUT2D eigenvalue weighted by Gasteiger charge is 1.99. The van der Waals surface area contributed by atoms with Crippen LogP contribution in [0.5, 0.6) is 0 Å². The maximum atomic E-state index is 5.67. The van der Waals surface area contributed by atoms with Crippen LogP contribution in [0.3, 0.4) is 0 Å². The van der Waals surface area contributed by atoms with E-state index in [1.807, 2.05) is 17.8 Å². The predicted octanol–water partition coefficient (Wildman–Crippen LogP) is 3.56. The van der Waals surface area contributed by atoms with E-state index < -0.39 is 0 Å². The van der Waals surface area contributed by atoms with Crippen molar-refractivity contribution in [1.82, 2.24) is 5.32 Å². The summed E-state index contributed by atoms with van der Waals surface area (Å²) in [5.74, 6) is 2.98. The molecule has 1 rings (SSSR count). The maximum Gasteiger partial charge on any atom is 0.193 e. The Morgan fingerprint density at radius 2 is 2.27 bits per heavy atom. The van der Waals surface area contributed by atoms with Crippen molar-refractivity contribution in [2.45, 2.75) is 25.5 Å². The summed E-state index contributed by atoms with van der Waals surface area (Å²) in [4.78, 5) is 0. The predicted molar refractivity (Wildman–Crippen MR) is 67.7 cm³/mol.